The summed E-state index contributed by atoms with van der Waals surface area (Å²) in [5.41, 5.74) is 6.83. The Morgan fingerprint density at radius 3 is 2.47 bits per heavy atom. The highest BCUT2D eigenvalue weighted by atomic mass is 35.5. The zero-order valence-electron chi connectivity index (χ0n) is 9.99. The summed E-state index contributed by atoms with van der Waals surface area (Å²) >= 11 is 12.1. The maximum atomic E-state index is 7.33. The first-order valence-corrected chi connectivity index (χ1v) is 6.33. The van der Waals surface area contributed by atoms with E-state index < -0.39 is 0 Å². The molecular formula is C14H12Cl2N2O. The summed E-state index contributed by atoms with van der Waals surface area (Å²) in [6.07, 6.45) is 0. The number of halogens is 2. The minimum atomic E-state index is -0.0282. The predicted octanol–water partition coefficient (Wildman–Crippen LogP) is 3.86. The van der Waals surface area contributed by atoms with E-state index in [4.69, 9.17) is 39.1 Å². The molecule has 0 amide bonds. The molecule has 2 aromatic rings. The van der Waals surface area contributed by atoms with Crippen molar-refractivity contribution in [2.24, 2.45) is 5.73 Å². The van der Waals surface area contributed by atoms with E-state index in [-0.39, 0.29) is 5.84 Å². The van der Waals surface area contributed by atoms with Gasteiger partial charge in [-0.1, -0.05) is 41.4 Å². The largest absolute Gasteiger partial charge is 0.487 e. The van der Waals surface area contributed by atoms with Gasteiger partial charge < -0.3 is 10.5 Å². The van der Waals surface area contributed by atoms with E-state index in [1.807, 2.05) is 18.2 Å². The third-order valence-corrected chi connectivity index (χ3v) is 3.25. The lowest BCUT2D eigenvalue weighted by molar-refractivity contribution is 0.306. The van der Waals surface area contributed by atoms with Gasteiger partial charge in [-0.05, 0) is 24.3 Å². The molecule has 19 heavy (non-hydrogen) atoms. The van der Waals surface area contributed by atoms with Crippen LogP contribution in [0.4, 0.5) is 0 Å². The van der Waals surface area contributed by atoms with Crippen molar-refractivity contribution in [1.29, 1.82) is 5.41 Å². The first-order chi connectivity index (χ1) is 9.08. The van der Waals surface area contributed by atoms with Gasteiger partial charge in [-0.15, -0.1) is 0 Å². The predicted molar refractivity (Wildman–Crippen MR) is 78.3 cm³/mol. The van der Waals surface area contributed by atoms with Gasteiger partial charge in [0.05, 0.1) is 5.02 Å². The second-order valence-corrected chi connectivity index (χ2v) is 4.75. The topological polar surface area (TPSA) is 59.1 Å². The molecule has 0 aromatic heterocycles. The minimum Gasteiger partial charge on any atom is -0.487 e. The summed E-state index contributed by atoms with van der Waals surface area (Å²) in [5.74, 6) is 0.506. The van der Waals surface area contributed by atoms with Crippen molar-refractivity contribution in [3.63, 3.8) is 0 Å². The number of nitrogens with two attached hydrogens (primary N) is 1. The lowest BCUT2D eigenvalue weighted by Crippen LogP contribution is -2.10. The smallest absolute Gasteiger partial charge is 0.138 e. The van der Waals surface area contributed by atoms with Gasteiger partial charge in [0, 0.05) is 16.1 Å². The van der Waals surface area contributed by atoms with Crippen LogP contribution in [0.2, 0.25) is 10.0 Å². The van der Waals surface area contributed by atoms with Gasteiger partial charge in [-0.25, -0.2) is 0 Å². The molecule has 0 saturated carbocycles. The fourth-order valence-electron chi connectivity index (χ4n) is 1.56. The lowest BCUT2D eigenvalue weighted by Gasteiger charge is -2.10. The molecule has 2 rings (SSSR count). The van der Waals surface area contributed by atoms with Crippen molar-refractivity contribution < 1.29 is 4.74 Å². The Bertz CT molecular complexity index is 614. The second kappa shape index (κ2) is 5.95. The van der Waals surface area contributed by atoms with Crippen molar-refractivity contribution in [2.45, 2.75) is 6.61 Å². The van der Waals surface area contributed by atoms with Gasteiger partial charge in [-0.2, -0.15) is 0 Å². The van der Waals surface area contributed by atoms with E-state index in [0.29, 0.717) is 28.0 Å². The zero-order chi connectivity index (χ0) is 13.8. The van der Waals surface area contributed by atoms with Gasteiger partial charge in [0.2, 0.25) is 0 Å². The Kier molecular flexibility index (Phi) is 4.30. The maximum Gasteiger partial charge on any atom is 0.138 e. The first kappa shape index (κ1) is 13.7. The fraction of sp³-hybridized carbons (Fsp3) is 0.0714. The molecule has 0 heterocycles. The quantitative estimate of drug-likeness (QED) is 0.664. The highest BCUT2D eigenvalue weighted by Crippen LogP contribution is 2.27. The molecular weight excluding hydrogens is 283 g/mol. The highest BCUT2D eigenvalue weighted by molar-refractivity contribution is 6.32. The first-order valence-electron chi connectivity index (χ1n) is 5.58. The van der Waals surface area contributed by atoms with Crippen molar-refractivity contribution in [3.05, 3.63) is 63.6 Å². The molecule has 0 aliphatic rings. The number of hydrogen-bond acceptors (Lipinski definition) is 2. The van der Waals surface area contributed by atoms with Crippen LogP contribution in [0.3, 0.4) is 0 Å². The molecule has 0 spiro atoms. The van der Waals surface area contributed by atoms with E-state index in [2.05, 4.69) is 0 Å². The Morgan fingerprint density at radius 1 is 1.11 bits per heavy atom. The van der Waals surface area contributed by atoms with E-state index in [1.54, 1.807) is 24.3 Å². The van der Waals surface area contributed by atoms with E-state index >= 15 is 0 Å². The van der Waals surface area contributed by atoms with Crippen molar-refractivity contribution in [2.75, 3.05) is 0 Å². The van der Waals surface area contributed by atoms with E-state index in [0.717, 1.165) is 5.56 Å². The van der Waals surface area contributed by atoms with Crippen molar-refractivity contribution in [1.82, 2.24) is 0 Å². The molecule has 0 aliphatic heterocycles. The average Bonchev–Trinajstić information content (AvgIpc) is 2.39. The molecule has 0 aliphatic carbocycles. The van der Waals surface area contributed by atoms with Gasteiger partial charge in [0.15, 0.2) is 0 Å². The van der Waals surface area contributed by atoms with Gasteiger partial charge >= 0.3 is 0 Å². The summed E-state index contributed by atoms with van der Waals surface area (Å²) in [6, 6.07) is 12.4. The van der Waals surface area contributed by atoms with Gasteiger partial charge in [0.25, 0.3) is 0 Å². The van der Waals surface area contributed by atoms with E-state index in [9.17, 15) is 0 Å². The summed E-state index contributed by atoms with van der Waals surface area (Å²) in [7, 11) is 0. The third-order valence-electron chi connectivity index (χ3n) is 2.58. The fourth-order valence-corrected chi connectivity index (χ4v) is 1.98. The highest BCUT2D eigenvalue weighted by Gasteiger charge is 2.06. The molecule has 2 aromatic carbocycles. The van der Waals surface area contributed by atoms with E-state index in [1.165, 1.54) is 0 Å². The molecule has 0 fully saturated rings. The summed E-state index contributed by atoms with van der Waals surface area (Å²) in [6.45, 7) is 0.332. The standard InChI is InChI=1S/C14H12Cl2N2O/c15-11-4-2-1-3-10(11)8-19-13-6-5-9(14(17)18)7-12(13)16/h1-7H,8H2,(H3,17,18). The monoisotopic (exact) mass is 294 g/mol. The van der Waals surface area contributed by atoms with Gasteiger partial charge in [0.1, 0.15) is 18.2 Å². The molecule has 3 N–H and O–H groups in total. The Labute approximate surface area is 121 Å². The Hall–Kier alpha value is -1.71. The average molecular weight is 295 g/mol. The van der Waals surface area contributed by atoms with Crippen LogP contribution < -0.4 is 10.5 Å². The molecule has 5 heteroatoms. The zero-order valence-corrected chi connectivity index (χ0v) is 11.5. The Balaban J connectivity index is 2.12. The maximum absolute atomic E-state index is 7.33. The molecule has 3 nitrogen and oxygen atoms in total. The minimum absolute atomic E-state index is 0.0282. The number of hydrogen-bond donors (Lipinski definition) is 2. The van der Waals surface area contributed by atoms with Crippen LogP contribution in [0, 0.1) is 5.41 Å². The molecule has 0 saturated heterocycles. The summed E-state index contributed by atoms with van der Waals surface area (Å²) in [4.78, 5) is 0. The van der Waals surface area contributed by atoms with Gasteiger partial charge in [-0.3, -0.25) is 5.41 Å². The molecule has 98 valence electrons. The number of benzene rings is 2. The number of nitrogens with one attached hydrogen (secondary N) is 1. The van der Waals surface area contributed by atoms with Crippen molar-refractivity contribution >= 4 is 29.0 Å². The lowest BCUT2D eigenvalue weighted by atomic mass is 10.2. The summed E-state index contributed by atoms with van der Waals surface area (Å²) in [5, 5.41) is 8.40. The van der Waals surface area contributed by atoms with Crippen LogP contribution in [-0.4, -0.2) is 5.84 Å². The van der Waals surface area contributed by atoms with Crippen LogP contribution >= 0.6 is 23.2 Å². The van der Waals surface area contributed by atoms with Crippen LogP contribution in [0.25, 0.3) is 0 Å². The van der Waals surface area contributed by atoms with Crippen molar-refractivity contribution in [3.8, 4) is 5.75 Å². The normalized spacial score (nSPS) is 10.2. The van der Waals surface area contributed by atoms with Crippen LogP contribution in [0.1, 0.15) is 11.1 Å². The molecule has 0 bridgehead atoms. The number of amidine groups is 1. The van der Waals surface area contributed by atoms with Crippen LogP contribution in [0.5, 0.6) is 5.75 Å². The summed E-state index contributed by atoms with van der Waals surface area (Å²) < 4.78 is 5.61. The Morgan fingerprint density at radius 2 is 1.84 bits per heavy atom. The number of rotatable bonds is 4. The number of nitrogen functional groups attached to an aromatic ring is 1. The third kappa shape index (κ3) is 3.40. The molecule has 0 radical (unpaired) electrons. The second-order valence-electron chi connectivity index (χ2n) is 3.94. The molecule has 0 atom stereocenters. The van der Waals surface area contributed by atoms with Crippen LogP contribution in [-0.2, 0) is 6.61 Å². The molecule has 0 unspecified atom stereocenters. The van der Waals surface area contributed by atoms with Crippen LogP contribution in [0.15, 0.2) is 42.5 Å². The SMILES string of the molecule is N=C(N)c1ccc(OCc2ccccc2Cl)c(Cl)c1. The number of ether oxygens (including phenoxy) is 1.